The second-order valence-electron chi connectivity index (χ2n) is 5.86. The molecule has 0 aromatic carbocycles. The molecular formula is C14H28N2O. The molecule has 17 heavy (non-hydrogen) atoms. The van der Waals surface area contributed by atoms with E-state index in [-0.39, 0.29) is 6.10 Å². The standard InChI is InChI=1S/C14H28N2O/c1-12(17)13-6-10-16(11-7-13)9-3-5-14-4-2-8-15-14/h12-15,17H,2-11H2,1H3. The predicted octanol–water partition coefficient (Wildman–Crippen LogP) is 1.61. The van der Waals surface area contributed by atoms with Gasteiger partial charge in [-0.2, -0.15) is 0 Å². The van der Waals surface area contributed by atoms with E-state index in [0.717, 1.165) is 6.04 Å². The molecule has 3 heteroatoms. The third-order valence-corrected chi connectivity index (χ3v) is 4.50. The lowest BCUT2D eigenvalue weighted by molar-refractivity contribution is 0.0712. The summed E-state index contributed by atoms with van der Waals surface area (Å²) in [5, 5.41) is 13.1. The molecule has 0 aliphatic carbocycles. The fraction of sp³-hybridized carbons (Fsp3) is 1.00. The highest BCUT2D eigenvalue weighted by molar-refractivity contribution is 4.77. The Bertz CT molecular complexity index is 206. The molecule has 2 saturated heterocycles. The average molecular weight is 240 g/mol. The number of aliphatic hydroxyl groups is 1. The molecule has 0 spiro atoms. The lowest BCUT2D eigenvalue weighted by atomic mass is 9.92. The number of nitrogens with one attached hydrogen (secondary N) is 1. The van der Waals surface area contributed by atoms with E-state index in [1.165, 1.54) is 64.7 Å². The first-order valence-corrected chi connectivity index (χ1v) is 7.39. The summed E-state index contributed by atoms with van der Waals surface area (Å²) in [4.78, 5) is 2.58. The van der Waals surface area contributed by atoms with Crippen LogP contribution in [0.5, 0.6) is 0 Å². The zero-order chi connectivity index (χ0) is 12.1. The Morgan fingerprint density at radius 3 is 2.65 bits per heavy atom. The van der Waals surface area contributed by atoms with Gasteiger partial charge in [0.25, 0.3) is 0 Å². The lowest BCUT2D eigenvalue weighted by Gasteiger charge is -2.33. The fourth-order valence-electron chi connectivity index (χ4n) is 3.22. The minimum Gasteiger partial charge on any atom is -0.393 e. The SMILES string of the molecule is CC(O)C1CCN(CCCC2CCCN2)CC1. The molecule has 2 aliphatic heterocycles. The monoisotopic (exact) mass is 240 g/mol. The molecule has 0 bridgehead atoms. The van der Waals surface area contributed by atoms with E-state index in [9.17, 15) is 5.11 Å². The van der Waals surface area contributed by atoms with E-state index in [0.29, 0.717) is 5.92 Å². The summed E-state index contributed by atoms with van der Waals surface area (Å²) in [7, 11) is 0. The molecule has 0 amide bonds. The van der Waals surface area contributed by atoms with Gasteiger partial charge >= 0.3 is 0 Å². The van der Waals surface area contributed by atoms with E-state index in [2.05, 4.69) is 10.2 Å². The van der Waals surface area contributed by atoms with Crippen LogP contribution >= 0.6 is 0 Å². The third-order valence-electron chi connectivity index (χ3n) is 4.50. The normalized spacial score (nSPS) is 29.6. The first-order chi connectivity index (χ1) is 8.25. The molecule has 2 aliphatic rings. The highest BCUT2D eigenvalue weighted by Crippen LogP contribution is 2.21. The molecule has 0 aromatic rings. The van der Waals surface area contributed by atoms with Crippen LogP contribution in [0.4, 0.5) is 0 Å². The van der Waals surface area contributed by atoms with Gasteiger partial charge in [-0.05, 0) is 77.5 Å². The minimum absolute atomic E-state index is 0.111. The molecule has 0 radical (unpaired) electrons. The Kier molecular flexibility index (Phi) is 5.26. The Balaban J connectivity index is 1.55. The number of piperidine rings is 1. The van der Waals surface area contributed by atoms with Gasteiger partial charge in [-0.25, -0.2) is 0 Å². The molecule has 3 nitrogen and oxygen atoms in total. The first-order valence-electron chi connectivity index (χ1n) is 7.39. The maximum atomic E-state index is 9.56. The zero-order valence-corrected chi connectivity index (χ0v) is 11.2. The summed E-state index contributed by atoms with van der Waals surface area (Å²) in [6.45, 7) is 6.79. The number of nitrogens with zero attached hydrogens (tertiary/aromatic N) is 1. The van der Waals surface area contributed by atoms with Crippen molar-refractivity contribution < 1.29 is 5.11 Å². The van der Waals surface area contributed by atoms with Crippen LogP contribution in [-0.4, -0.2) is 48.3 Å². The maximum absolute atomic E-state index is 9.56. The van der Waals surface area contributed by atoms with Crippen molar-refractivity contribution in [2.24, 2.45) is 5.92 Å². The third kappa shape index (κ3) is 4.23. The van der Waals surface area contributed by atoms with Crippen LogP contribution in [0.15, 0.2) is 0 Å². The summed E-state index contributed by atoms with van der Waals surface area (Å²) in [5.41, 5.74) is 0. The van der Waals surface area contributed by atoms with Crippen molar-refractivity contribution in [1.82, 2.24) is 10.2 Å². The zero-order valence-electron chi connectivity index (χ0n) is 11.2. The van der Waals surface area contributed by atoms with Gasteiger partial charge in [0.2, 0.25) is 0 Å². The predicted molar refractivity (Wildman–Crippen MR) is 71.1 cm³/mol. The lowest BCUT2D eigenvalue weighted by Crippen LogP contribution is -2.37. The van der Waals surface area contributed by atoms with Gasteiger partial charge in [0, 0.05) is 6.04 Å². The summed E-state index contributed by atoms with van der Waals surface area (Å²) < 4.78 is 0. The number of hydrogen-bond donors (Lipinski definition) is 2. The van der Waals surface area contributed by atoms with Gasteiger partial charge in [-0.3, -0.25) is 0 Å². The van der Waals surface area contributed by atoms with E-state index >= 15 is 0 Å². The van der Waals surface area contributed by atoms with E-state index in [1.807, 2.05) is 6.92 Å². The van der Waals surface area contributed by atoms with Crippen LogP contribution in [0, 0.1) is 5.92 Å². The van der Waals surface area contributed by atoms with Gasteiger partial charge in [0.1, 0.15) is 0 Å². The summed E-state index contributed by atoms with van der Waals surface area (Å²) in [5.74, 6) is 0.544. The van der Waals surface area contributed by atoms with Gasteiger partial charge in [-0.1, -0.05) is 0 Å². The van der Waals surface area contributed by atoms with Crippen LogP contribution in [0.25, 0.3) is 0 Å². The quantitative estimate of drug-likeness (QED) is 0.766. The van der Waals surface area contributed by atoms with Crippen LogP contribution in [-0.2, 0) is 0 Å². The van der Waals surface area contributed by atoms with Crippen molar-refractivity contribution in [2.75, 3.05) is 26.2 Å². The molecule has 0 saturated carbocycles. The van der Waals surface area contributed by atoms with Crippen LogP contribution < -0.4 is 5.32 Å². The Labute approximate surface area is 106 Å². The molecule has 0 aromatic heterocycles. The average Bonchev–Trinajstić information content (AvgIpc) is 2.83. The van der Waals surface area contributed by atoms with Crippen LogP contribution in [0.2, 0.25) is 0 Å². The molecule has 2 unspecified atom stereocenters. The molecule has 2 fully saturated rings. The fourth-order valence-corrected chi connectivity index (χ4v) is 3.22. The van der Waals surface area contributed by atoms with Crippen molar-refractivity contribution in [3.05, 3.63) is 0 Å². The van der Waals surface area contributed by atoms with Gasteiger partial charge < -0.3 is 15.3 Å². The van der Waals surface area contributed by atoms with Crippen molar-refractivity contribution in [3.63, 3.8) is 0 Å². The summed E-state index contributed by atoms with van der Waals surface area (Å²) in [6, 6.07) is 0.796. The van der Waals surface area contributed by atoms with Crippen molar-refractivity contribution in [1.29, 1.82) is 0 Å². The molecule has 2 atom stereocenters. The van der Waals surface area contributed by atoms with Crippen molar-refractivity contribution in [3.8, 4) is 0 Å². The van der Waals surface area contributed by atoms with E-state index < -0.39 is 0 Å². The summed E-state index contributed by atoms with van der Waals surface area (Å²) >= 11 is 0. The largest absolute Gasteiger partial charge is 0.393 e. The Morgan fingerprint density at radius 2 is 2.06 bits per heavy atom. The van der Waals surface area contributed by atoms with Crippen molar-refractivity contribution in [2.45, 2.75) is 57.6 Å². The Hall–Kier alpha value is -0.120. The highest BCUT2D eigenvalue weighted by Gasteiger charge is 2.22. The molecule has 2 heterocycles. The molecule has 2 rings (SSSR count). The molecular weight excluding hydrogens is 212 g/mol. The number of hydrogen-bond acceptors (Lipinski definition) is 3. The van der Waals surface area contributed by atoms with E-state index in [1.54, 1.807) is 0 Å². The van der Waals surface area contributed by atoms with E-state index in [4.69, 9.17) is 0 Å². The number of likely N-dealkylation sites (tertiary alicyclic amines) is 1. The second kappa shape index (κ2) is 6.72. The highest BCUT2D eigenvalue weighted by atomic mass is 16.3. The minimum atomic E-state index is -0.111. The van der Waals surface area contributed by atoms with Gasteiger partial charge in [0.15, 0.2) is 0 Å². The maximum Gasteiger partial charge on any atom is 0.0541 e. The van der Waals surface area contributed by atoms with Gasteiger partial charge in [-0.15, -0.1) is 0 Å². The molecule has 100 valence electrons. The van der Waals surface area contributed by atoms with Gasteiger partial charge in [0.05, 0.1) is 6.10 Å². The topological polar surface area (TPSA) is 35.5 Å². The number of rotatable bonds is 5. The number of aliphatic hydroxyl groups excluding tert-OH is 1. The Morgan fingerprint density at radius 1 is 1.29 bits per heavy atom. The first kappa shape index (κ1) is 13.3. The summed E-state index contributed by atoms with van der Waals surface area (Å²) in [6.07, 6.45) is 7.67. The molecule has 2 N–H and O–H groups in total. The van der Waals surface area contributed by atoms with Crippen LogP contribution in [0.3, 0.4) is 0 Å². The van der Waals surface area contributed by atoms with Crippen LogP contribution in [0.1, 0.15) is 45.4 Å². The second-order valence-corrected chi connectivity index (χ2v) is 5.86. The van der Waals surface area contributed by atoms with Crippen molar-refractivity contribution >= 4 is 0 Å². The smallest absolute Gasteiger partial charge is 0.0541 e.